The summed E-state index contributed by atoms with van der Waals surface area (Å²) in [5, 5.41) is 7.91. The van der Waals surface area contributed by atoms with Crippen molar-refractivity contribution in [2.45, 2.75) is 26.8 Å². The summed E-state index contributed by atoms with van der Waals surface area (Å²) >= 11 is 7.69. The maximum atomic E-state index is 13.7. The third kappa shape index (κ3) is 5.86. The summed E-state index contributed by atoms with van der Waals surface area (Å²) < 4.78 is 13.7. The average molecular weight is 483 g/mol. The molecule has 2 N–H and O–H groups in total. The zero-order valence-corrected chi connectivity index (χ0v) is 17.7. The Balaban J connectivity index is 0.00000288. The predicted molar refractivity (Wildman–Crippen MR) is 110 cm³/mol. The smallest absolute Gasteiger partial charge is 0.191 e. The molecule has 0 radical (unpaired) electrons. The molecule has 2 rings (SSSR count). The Hall–Kier alpha value is -0.930. The van der Waals surface area contributed by atoms with Gasteiger partial charge in [-0.15, -0.1) is 35.3 Å². The van der Waals surface area contributed by atoms with Gasteiger partial charge in [0.2, 0.25) is 0 Å². The van der Waals surface area contributed by atoms with Crippen LogP contribution >= 0.6 is 46.9 Å². The molecule has 0 aliphatic heterocycles. The molecule has 1 aromatic heterocycles. The van der Waals surface area contributed by atoms with Gasteiger partial charge in [0.25, 0.3) is 0 Å². The second kappa shape index (κ2) is 10.1. The van der Waals surface area contributed by atoms with Gasteiger partial charge in [-0.25, -0.2) is 9.37 Å². The molecule has 0 spiro atoms. The number of hydrogen-bond donors (Lipinski definition) is 2. The molecule has 0 amide bonds. The first kappa shape index (κ1) is 21.1. The zero-order valence-electron chi connectivity index (χ0n) is 13.8. The van der Waals surface area contributed by atoms with Gasteiger partial charge in [-0.3, -0.25) is 4.99 Å². The summed E-state index contributed by atoms with van der Waals surface area (Å²) in [6, 6.07) is 4.72. The van der Waals surface area contributed by atoms with E-state index in [1.54, 1.807) is 30.5 Å². The number of benzene rings is 1. The lowest BCUT2D eigenvalue weighted by atomic mass is 10.1. The molecule has 132 valence electrons. The number of aliphatic imine (C=N–C) groups is 1. The van der Waals surface area contributed by atoms with Crippen molar-refractivity contribution in [3.05, 3.63) is 50.2 Å². The van der Waals surface area contributed by atoms with Crippen LogP contribution in [-0.4, -0.2) is 24.5 Å². The Labute approximate surface area is 168 Å². The van der Waals surface area contributed by atoms with Crippen LogP contribution in [0.2, 0.25) is 5.02 Å². The molecule has 0 aliphatic rings. The maximum absolute atomic E-state index is 13.7. The minimum absolute atomic E-state index is 0. The van der Waals surface area contributed by atoms with E-state index in [0.717, 1.165) is 10.7 Å². The number of guanidine groups is 1. The molecule has 2 aromatic rings. The molecule has 1 heterocycles. The molecule has 4 nitrogen and oxygen atoms in total. The Kier molecular flexibility index (Phi) is 8.93. The van der Waals surface area contributed by atoms with Gasteiger partial charge in [0.1, 0.15) is 5.82 Å². The topological polar surface area (TPSA) is 49.3 Å². The Morgan fingerprint density at radius 2 is 2.08 bits per heavy atom. The van der Waals surface area contributed by atoms with Crippen molar-refractivity contribution < 1.29 is 4.39 Å². The number of nitrogens with one attached hydrogen (secondary N) is 2. The third-order valence-electron chi connectivity index (χ3n) is 3.37. The Bertz CT molecular complexity index is 685. The van der Waals surface area contributed by atoms with Crippen molar-refractivity contribution in [2.75, 3.05) is 13.6 Å². The van der Waals surface area contributed by atoms with E-state index in [2.05, 4.69) is 20.6 Å². The lowest BCUT2D eigenvalue weighted by Gasteiger charge is -2.12. The second-order valence-corrected chi connectivity index (χ2v) is 6.74. The minimum Gasteiger partial charge on any atom is -0.356 e. The van der Waals surface area contributed by atoms with Crippen LogP contribution < -0.4 is 10.6 Å². The molecule has 24 heavy (non-hydrogen) atoms. The fourth-order valence-corrected chi connectivity index (χ4v) is 3.33. The molecule has 8 heteroatoms. The molecule has 1 aromatic carbocycles. The molecule has 0 atom stereocenters. The predicted octanol–water partition coefficient (Wildman–Crippen LogP) is 4.08. The van der Waals surface area contributed by atoms with Crippen LogP contribution in [0, 0.1) is 19.7 Å². The first-order valence-corrected chi connectivity index (χ1v) is 8.51. The SMILES string of the molecule is CN=C(NCCc1c(F)cccc1Cl)NCc1sc(C)nc1C.I. The van der Waals surface area contributed by atoms with Crippen molar-refractivity contribution in [3.63, 3.8) is 0 Å². The van der Waals surface area contributed by atoms with Crippen LogP contribution in [0.3, 0.4) is 0 Å². The fraction of sp³-hybridized carbons (Fsp3) is 0.375. The van der Waals surface area contributed by atoms with E-state index in [9.17, 15) is 4.39 Å². The first-order chi connectivity index (χ1) is 11.0. The highest BCUT2D eigenvalue weighted by Crippen LogP contribution is 2.19. The molecule has 0 saturated heterocycles. The van der Waals surface area contributed by atoms with Gasteiger partial charge in [0.05, 0.1) is 17.2 Å². The maximum Gasteiger partial charge on any atom is 0.191 e. The summed E-state index contributed by atoms with van der Waals surface area (Å²) in [6.45, 7) is 5.20. The molecule has 0 aliphatic carbocycles. The normalized spacial score (nSPS) is 11.1. The summed E-state index contributed by atoms with van der Waals surface area (Å²) in [7, 11) is 1.70. The van der Waals surface area contributed by atoms with Gasteiger partial charge in [-0.1, -0.05) is 17.7 Å². The summed E-state index contributed by atoms with van der Waals surface area (Å²) in [6.07, 6.45) is 0.491. The van der Waals surface area contributed by atoms with Crippen molar-refractivity contribution in [1.82, 2.24) is 15.6 Å². The number of halogens is 3. The van der Waals surface area contributed by atoms with Gasteiger partial charge >= 0.3 is 0 Å². The minimum atomic E-state index is -0.280. The standard InChI is InChI=1S/C16H20ClFN4S.HI/c1-10-15(23-11(2)22-10)9-21-16(19-3)20-8-7-12-13(17)5-4-6-14(12)18;/h4-6H,7-9H2,1-3H3,(H2,19,20,21);1H. The van der Waals surface area contributed by atoms with Crippen LogP contribution in [0.15, 0.2) is 23.2 Å². The van der Waals surface area contributed by atoms with Gasteiger partial charge in [0, 0.05) is 29.1 Å². The summed E-state index contributed by atoms with van der Waals surface area (Å²) in [4.78, 5) is 9.75. The van der Waals surface area contributed by atoms with Gasteiger partial charge < -0.3 is 10.6 Å². The third-order valence-corrected chi connectivity index (χ3v) is 4.80. The Morgan fingerprint density at radius 3 is 2.67 bits per heavy atom. The van der Waals surface area contributed by atoms with Gasteiger partial charge in [0.15, 0.2) is 5.96 Å². The monoisotopic (exact) mass is 482 g/mol. The van der Waals surface area contributed by atoms with Crippen LogP contribution in [-0.2, 0) is 13.0 Å². The van der Waals surface area contributed by atoms with E-state index in [4.69, 9.17) is 11.6 Å². The van der Waals surface area contributed by atoms with E-state index in [-0.39, 0.29) is 29.8 Å². The average Bonchev–Trinajstić information content (AvgIpc) is 2.83. The van der Waals surface area contributed by atoms with E-state index < -0.39 is 0 Å². The summed E-state index contributed by atoms with van der Waals surface area (Å²) in [5.74, 6) is 0.390. The number of aryl methyl sites for hydroxylation is 2. The van der Waals surface area contributed by atoms with Crippen molar-refractivity contribution >= 4 is 52.9 Å². The molecule has 0 unspecified atom stereocenters. The van der Waals surface area contributed by atoms with E-state index >= 15 is 0 Å². The Morgan fingerprint density at radius 1 is 1.33 bits per heavy atom. The molecular weight excluding hydrogens is 462 g/mol. The van der Waals surface area contributed by atoms with Gasteiger partial charge in [-0.2, -0.15) is 0 Å². The number of rotatable bonds is 5. The van der Waals surface area contributed by atoms with Crippen LogP contribution in [0.5, 0.6) is 0 Å². The highest BCUT2D eigenvalue weighted by molar-refractivity contribution is 14.0. The van der Waals surface area contributed by atoms with E-state index in [1.807, 2.05) is 13.8 Å². The van der Waals surface area contributed by atoms with Crippen molar-refractivity contribution in [1.29, 1.82) is 0 Å². The highest BCUT2D eigenvalue weighted by atomic mass is 127. The van der Waals surface area contributed by atoms with Crippen LogP contribution in [0.1, 0.15) is 21.1 Å². The number of nitrogens with zero attached hydrogens (tertiary/aromatic N) is 2. The molecule has 0 fully saturated rings. The molecule has 0 saturated carbocycles. The fourth-order valence-electron chi connectivity index (χ4n) is 2.20. The molecular formula is C16H21ClFIN4S. The van der Waals surface area contributed by atoms with Crippen LogP contribution in [0.4, 0.5) is 4.39 Å². The van der Waals surface area contributed by atoms with Crippen molar-refractivity contribution in [3.8, 4) is 0 Å². The quantitative estimate of drug-likeness (QED) is 0.384. The number of aromatic nitrogens is 1. The first-order valence-electron chi connectivity index (χ1n) is 7.31. The van der Waals surface area contributed by atoms with Crippen molar-refractivity contribution in [2.24, 2.45) is 4.99 Å². The number of hydrogen-bond acceptors (Lipinski definition) is 3. The van der Waals surface area contributed by atoms with Gasteiger partial charge in [-0.05, 0) is 32.4 Å². The lowest BCUT2D eigenvalue weighted by Crippen LogP contribution is -2.37. The largest absolute Gasteiger partial charge is 0.356 e. The second-order valence-electron chi connectivity index (χ2n) is 5.04. The number of thiazole rings is 1. The highest BCUT2D eigenvalue weighted by Gasteiger charge is 2.08. The van der Waals surface area contributed by atoms with E-state index in [0.29, 0.717) is 36.1 Å². The lowest BCUT2D eigenvalue weighted by molar-refractivity contribution is 0.607. The van der Waals surface area contributed by atoms with Crippen LogP contribution in [0.25, 0.3) is 0 Å². The molecule has 0 bridgehead atoms. The van der Waals surface area contributed by atoms with E-state index in [1.165, 1.54) is 10.9 Å². The zero-order chi connectivity index (χ0) is 16.8. The summed E-state index contributed by atoms with van der Waals surface area (Å²) in [5.41, 5.74) is 1.56.